The zero-order chi connectivity index (χ0) is 27.8. The van der Waals surface area contributed by atoms with Gasteiger partial charge in [-0.05, 0) is 86.6 Å². The first-order valence-corrected chi connectivity index (χ1v) is 14.3. The highest BCUT2D eigenvalue weighted by atomic mass is 32.1. The van der Waals surface area contributed by atoms with Gasteiger partial charge in [0.2, 0.25) is 0 Å². The molecule has 0 radical (unpaired) electrons. The average Bonchev–Trinajstić information content (AvgIpc) is 3.50. The number of hydrogen-bond donors (Lipinski definition) is 3. The van der Waals surface area contributed by atoms with Gasteiger partial charge in [0.1, 0.15) is 10.4 Å². The summed E-state index contributed by atoms with van der Waals surface area (Å²) in [7, 11) is 0. The van der Waals surface area contributed by atoms with E-state index >= 15 is 0 Å². The van der Waals surface area contributed by atoms with Gasteiger partial charge in [-0.15, -0.1) is 11.3 Å². The van der Waals surface area contributed by atoms with Crippen LogP contribution in [0.2, 0.25) is 0 Å². The molecule has 1 atom stereocenters. The second-order valence-corrected chi connectivity index (χ2v) is 12.8. The summed E-state index contributed by atoms with van der Waals surface area (Å²) in [6, 6.07) is 17.4. The molecule has 0 aliphatic heterocycles. The predicted molar refractivity (Wildman–Crippen MR) is 158 cm³/mol. The standard InChI is InChI=1S/C31H36N4O3S/c1-30(2,3)38-29(37)33-18-25(19-8-7-9-23(32)16-19)34-27(36)26-17-21-14-20-15-22(31(4)12-5-6-13-31)10-11-24(20)35-28(21)39-26/h7-11,14-17,25H,5-6,12-13,18,32H2,1-4H3,(H,33,37)(H,34,36)/t25-/m0/s1. The van der Waals surface area contributed by atoms with Gasteiger partial charge >= 0.3 is 6.09 Å². The van der Waals surface area contributed by atoms with Gasteiger partial charge in [-0.3, -0.25) is 4.79 Å². The fourth-order valence-electron chi connectivity index (χ4n) is 5.32. The van der Waals surface area contributed by atoms with Crippen molar-refractivity contribution in [1.82, 2.24) is 15.6 Å². The molecule has 7 nitrogen and oxygen atoms in total. The maximum absolute atomic E-state index is 13.4. The fourth-order valence-corrected chi connectivity index (χ4v) is 6.25. The third-order valence-electron chi connectivity index (χ3n) is 7.40. The molecule has 2 aromatic heterocycles. The summed E-state index contributed by atoms with van der Waals surface area (Å²) in [4.78, 5) is 32.0. The Morgan fingerprint density at radius 2 is 1.85 bits per heavy atom. The molecule has 0 unspecified atom stereocenters. The van der Waals surface area contributed by atoms with Gasteiger partial charge in [-0.1, -0.05) is 38.0 Å². The molecule has 2 amide bonds. The number of rotatable bonds is 6. The summed E-state index contributed by atoms with van der Waals surface area (Å²) in [6.45, 7) is 7.92. The van der Waals surface area contributed by atoms with E-state index in [2.05, 4.69) is 41.8 Å². The van der Waals surface area contributed by atoms with E-state index in [0.29, 0.717) is 10.6 Å². The van der Waals surface area contributed by atoms with Crippen LogP contribution in [0.3, 0.4) is 0 Å². The van der Waals surface area contributed by atoms with Crippen LogP contribution in [0.4, 0.5) is 10.5 Å². The fraction of sp³-hybridized carbons (Fsp3) is 0.387. The highest BCUT2D eigenvalue weighted by molar-refractivity contribution is 7.20. The zero-order valence-corrected chi connectivity index (χ0v) is 23.8. The molecule has 1 fully saturated rings. The number of nitrogens with one attached hydrogen (secondary N) is 2. The number of carbonyl (C=O) groups is 2. The molecule has 1 saturated carbocycles. The summed E-state index contributed by atoms with van der Waals surface area (Å²) in [5.41, 5.74) is 9.27. The number of anilines is 1. The quantitative estimate of drug-likeness (QED) is 0.230. The molecule has 2 aromatic carbocycles. The number of pyridine rings is 1. The van der Waals surface area contributed by atoms with Gasteiger partial charge in [0.25, 0.3) is 5.91 Å². The van der Waals surface area contributed by atoms with Crippen LogP contribution < -0.4 is 16.4 Å². The van der Waals surface area contributed by atoms with E-state index in [0.717, 1.165) is 26.7 Å². The number of amides is 2. The number of benzene rings is 2. The van der Waals surface area contributed by atoms with E-state index in [-0.39, 0.29) is 17.9 Å². The normalized spacial score (nSPS) is 15.8. The van der Waals surface area contributed by atoms with Crippen LogP contribution in [0.1, 0.15) is 80.2 Å². The van der Waals surface area contributed by atoms with Crippen molar-refractivity contribution in [3.63, 3.8) is 0 Å². The lowest BCUT2D eigenvalue weighted by Gasteiger charge is -2.24. The minimum absolute atomic E-state index is 0.151. The molecule has 204 valence electrons. The number of aromatic nitrogens is 1. The van der Waals surface area contributed by atoms with Crippen molar-refractivity contribution < 1.29 is 14.3 Å². The first-order valence-electron chi connectivity index (χ1n) is 13.5. The van der Waals surface area contributed by atoms with E-state index in [1.165, 1.54) is 42.6 Å². The van der Waals surface area contributed by atoms with E-state index < -0.39 is 17.7 Å². The summed E-state index contributed by atoms with van der Waals surface area (Å²) >= 11 is 1.36. The zero-order valence-electron chi connectivity index (χ0n) is 23.0. The van der Waals surface area contributed by atoms with Crippen molar-refractivity contribution in [2.24, 2.45) is 0 Å². The summed E-state index contributed by atoms with van der Waals surface area (Å²) < 4.78 is 5.37. The Labute approximate surface area is 233 Å². The van der Waals surface area contributed by atoms with Crippen molar-refractivity contribution in [3.8, 4) is 0 Å². The number of thiophene rings is 1. The molecule has 0 spiro atoms. The van der Waals surface area contributed by atoms with Crippen molar-refractivity contribution in [3.05, 3.63) is 70.6 Å². The largest absolute Gasteiger partial charge is 0.444 e. The van der Waals surface area contributed by atoms with Crippen molar-refractivity contribution in [1.29, 1.82) is 0 Å². The lowest BCUT2D eigenvalue weighted by atomic mass is 9.80. The number of ether oxygens (including phenoxy) is 1. The number of carbonyl (C=O) groups excluding carboxylic acids is 2. The number of alkyl carbamates (subject to hydrolysis) is 1. The first kappa shape index (κ1) is 26.9. The Hall–Kier alpha value is -3.65. The van der Waals surface area contributed by atoms with E-state index in [1.807, 2.05) is 18.2 Å². The minimum atomic E-state index is -0.622. The Balaban J connectivity index is 1.38. The van der Waals surface area contributed by atoms with Crippen LogP contribution in [0.15, 0.2) is 54.6 Å². The van der Waals surface area contributed by atoms with E-state index in [9.17, 15) is 9.59 Å². The van der Waals surface area contributed by atoms with Gasteiger partial charge in [-0.2, -0.15) is 0 Å². The Kier molecular flexibility index (Phi) is 7.25. The lowest BCUT2D eigenvalue weighted by Crippen LogP contribution is -2.40. The van der Waals surface area contributed by atoms with Crippen LogP contribution in [0.25, 0.3) is 21.1 Å². The van der Waals surface area contributed by atoms with Gasteiger partial charge in [0.05, 0.1) is 16.4 Å². The maximum Gasteiger partial charge on any atom is 0.407 e. The van der Waals surface area contributed by atoms with Crippen LogP contribution in [-0.2, 0) is 10.2 Å². The molecular formula is C31H36N4O3S. The second-order valence-electron chi connectivity index (χ2n) is 11.7. The molecule has 1 aliphatic carbocycles. The average molecular weight is 545 g/mol. The van der Waals surface area contributed by atoms with Crippen LogP contribution in [0.5, 0.6) is 0 Å². The molecule has 1 aliphatic rings. The summed E-state index contributed by atoms with van der Waals surface area (Å²) in [5, 5.41) is 7.87. The maximum atomic E-state index is 13.4. The second kappa shape index (κ2) is 10.5. The smallest absolute Gasteiger partial charge is 0.407 e. The Bertz CT molecular complexity index is 1530. The van der Waals surface area contributed by atoms with Crippen LogP contribution >= 0.6 is 11.3 Å². The predicted octanol–water partition coefficient (Wildman–Crippen LogP) is 6.86. The number of fused-ring (bicyclic) bond motifs is 2. The third-order valence-corrected chi connectivity index (χ3v) is 8.44. The van der Waals surface area contributed by atoms with Crippen molar-refractivity contribution in [2.75, 3.05) is 12.3 Å². The Morgan fingerprint density at radius 3 is 2.56 bits per heavy atom. The van der Waals surface area contributed by atoms with Gasteiger partial charge in [-0.25, -0.2) is 9.78 Å². The number of nitrogens with zero attached hydrogens (tertiary/aromatic N) is 1. The topological polar surface area (TPSA) is 106 Å². The van der Waals surface area contributed by atoms with E-state index in [4.69, 9.17) is 15.5 Å². The molecule has 2 heterocycles. The minimum Gasteiger partial charge on any atom is -0.444 e. The molecule has 4 aromatic rings. The van der Waals surface area contributed by atoms with Crippen LogP contribution in [-0.4, -0.2) is 29.1 Å². The number of nitrogens with two attached hydrogens (primary N) is 1. The monoisotopic (exact) mass is 544 g/mol. The number of hydrogen-bond acceptors (Lipinski definition) is 6. The molecule has 0 saturated heterocycles. The third kappa shape index (κ3) is 6.17. The molecule has 0 bridgehead atoms. The van der Waals surface area contributed by atoms with E-state index in [1.54, 1.807) is 32.9 Å². The highest BCUT2D eigenvalue weighted by Crippen LogP contribution is 2.41. The molecule has 4 N–H and O–H groups in total. The molecule has 5 rings (SSSR count). The van der Waals surface area contributed by atoms with Crippen molar-refractivity contribution >= 4 is 50.1 Å². The van der Waals surface area contributed by atoms with Gasteiger partial charge in [0, 0.05) is 23.0 Å². The number of nitrogen functional groups attached to an aromatic ring is 1. The van der Waals surface area contributed by atoms with Crippen LogP contribution in [0, 0.1) is 0 Å². The summed E-state index contributed by atoms with van der Waals surface area (Å²) in [6.07, 6.45) is 4.44. The molecule has 8 heteroatoms. The SMILES string of the molecule is CC(C)(C)OC(=O)NC[C@H](NC(=O)c1cc2cc3cc(C4(C)CCCC4)ccc3nc2s1)c1cccc(N)c1. The molecule has 39 heavy (non-hydrogen) atoms. The first-order chi connectivity index (χ1) is 18.5. The van der Waals surface area contributed by atoms with Gasteiger partial charge < -0.3 is 21.1 Å². The lowest BCUT2D eigenvalue weighted by molar-refractivity contribution is 0.0520. The highest BCUT2D eigenvalue weighted by Gasteiger charge is 2.30. The van der Waals surface area contributed by atoms with Crippen molar-refractivity contribution in [2.45, 2.75) is 70.4 Å². The van der Waals surface area contributed by atoms with Gasteiger partial charge in [0.15, 0.2) is 0 Å². The summed E-state index contributed by atoms with van der Waals surface area (Å²) in [5.74, 6) is -0.236. The Morgan fingerprint density at radius 1 is 1.08 bits per heavy atom. The molecular weight excluding hydrogens is 508 g/mol.